The Morgan fingerprint density at radius 3 is 2.42 bits per heavy atom. The second-order valence-electron chi connectivity index (χ2n) is 7.57. The van der Waals surface area contributed by atoms with Crippen molar-refractivity contribution in [1.82, 2.24) is 4.57 Å². The molecular weight excluding hydrogens is 414 g/mol. The second-order valence-corrected chi connectivity index (χ2v) is 7.57. The van der Waals surface area contributed by atoms with Gasteiger partial charge in [-0.05, 0) is 35.8 Å². The minimum Gasteiger partial charge on any atom is -0.480 e. The van der Waals surface area contributed by atoms with E-state index in [1.54, 1.807) is 10.8 Å². The molecule has 0 saturated heterocycles. The Hall–Kier alpha value is -4.63. The zero-order chi connectivity index (χ0) is 23.2. The number of nitrogens with one attached hydrogen (secondary N) is 1. The van der Waals surface area contributed by atoms with Gasteiger partial charge >= 0.3 is 5.97 Å². The molecule has 1 amide bonds. The molecule has 1 aromatic heterocycles. The van der Waals surface area contributed by atoms with Crippen LogP contribution in [0.2, 0.25) is 0 Å². The largest absolute Gasteiger partial charge is 0.480 e. The van der Waals surface area contributed by atoms with Gasteiger partial charge in [0.25, 0.3) is 5.91 Å². The van der Waals surface area contributed by atoms with Crippen LogP contribution in [-0.4, -0.2) is 21.6 Å². The Labute approximate surface area is 191 Å². The van der Waals surface area contributed by atoms with Gasteiger partial charge in [-0.2, -0.15) is 5.26 Å². The maximum atomic E-state index is 13.0. The standard InChI is InChI=1S/C27H21N3O3/c28-16-21(15-22-17-30(18-26(31)32)25-13-7-5-11-23(22)25)27(33)29-24-12-6-4-10-20(24)14-19-8-2-1-3-9-19/h1-13,15,17H,14,18H2,(H,29,33)(H,31,32). The number of hydrogen-bond donors (Lipinski definition) is 2. The third-order valence-electron chi connectivity index (χ3n) is 5.29. The fraction of sp³-hybridized carbons (Fsp3) is 0.0741. The number of para-hydroxylation sites is 2. The lowest BCUT2D eigenvalue weighted by Crippen LogP contribution is -2.15. The van der Waals surface area contributed by atoms with Crippen LogP contribution in [0.1, 0.15) is 16.7 Å². The molecule has 0 bridgehead atoms. The Kier molecular flexibility index (Phi) is 6.33. The molecule has 33 heavy (non-hydrogen) atoms. The van der Waals surface area contributed by atoms with E-state index in [0.717, 1.165) is 22.0 Å². The van der Waals surface area contributed by atoms with Crippen molar-refractivity contribution < 1.29 is 14.7 Å². The summed E-state index contributed by atoms with van der Waals surface area (Å²) in [5.74, 6) is -1.49. The van der Waals surface area contributed by atoms with E-state index in [1.165, 1.54) is 6.08 Å². The first-order chi connectivity index (χ1) is 16.0. The molecule has 6 nitrogen and oxygen atoms in total. The van der Waals surface area contributed by atoms with Gasteiger partial charge in [-0.25, -0.2) is 0 Å². The molecule has 162 valence electrons. The fourth-order valence-electron chi connectivity index (χ4n) is 3.77. The number of aliphatic carboxylic acids is 1. The molecular formula is C27H21N3O3. The van der Waals surface area contributed by atoms with Crippen molar-refractivity contribution in [1.29, 1.82) is 5.26 Å². The van der Waals surface area contributed by atoms with Crippen molar-refractivity contribution in [3.8, 4) is 6.07 Å². The summed E-state index contributed by atoms with van der Waals surface area (Å²) in [6.45, 7) is -0.213. The number of anilines is 1. The van der Waals surface area contributed by atoms with Crippen LogP contribution in [0.3, 0.4) is 0 Å². The summed E-state index contributed by atoms with van der Waals surface area (Å²) in [7, 11) is 0. The Balaban J connectivity index is 1.63. The van der Waals surface area contributed by atoms with Crippen molar-refractivity contribution in [3.05, 3.63) is 107 Å². The third kappa shape index (κ3) is 5.00. The molecule has 0 aliphatic rings. The number of carboxylic acid groups (broad SMARTS) is 1. The van der Waals surface area contributed by atoms with E-state index in [0.29, 0.717) is 17.7 Å². The SMILES string of the molecule is N#CC(=Cc1cn(CC(=O)O)c2ccccc12)C(=O)Nc1ccccc1Cc1ccccc1. The monoisotopic (exact) mass is 435 g/mol. The van der Waals surface area contributed by atoms with Crippen molar-refractivity contribution in [3.63, 3.8) is 0 Å². The lowest BCUT2D eigenvalue weighted by Gasteiger charge is -2.11. The lowest BCUT2D eigenvalue weighted by molar-refractivity contribution is -0.137. The van der Waals surface area contributed by atoms with Crippen LogP contribution in [-0.2, 0) is 22.6 Å². The van der Waals surface area contributed by atoms with Gasteiger partial charge in [0.05, 0.1) is 0 Å². The Bertz CT molecular complexity index is 1400. The smallest absolute Gasteiger partial charge is 0.323 e. The summed E-state index contributed by atoms with van der Waals surface area (Å²) in [4.78, 5) is 24.2. The number of nitriles is 1. The number of benzene rings is 3. The van der Waals surface area contributed by atoms with Crippen LogP contribution in [0.15, 0.2) is 90.6 Å². The number of carbonyl (C=O) groups excluding carboxylic acids is 1. The fourth-order valence-corrected chi connectivity index (χ4v) is 3.77. The van der Waals surface area contributed by atoms with Gasteiger partial charge in [-0.3, -0.25) is 9.59 Å². The van der Waals surface area contributed by atoms with Crippen LogP contribution < -0.4 is 5.32 Å². The Morgan fingerprint density at radius 2 is 1.67 bits per heavy atom. The number of aromatic nitrogens is 1. The van der Waals surface area contributed by atoms with E-state index >= 15 is 0 Å². The third-order valence-corrected chi connectivity index (χ3v) is 5.29. The number of carboxylic acids is 1. The van der Waals surface area contributed by atoms with E-state index in [-0.39, 0.29) is 12.1 Å². The van der Waals surface area contributed by atoms with Gasteiger partial charge < -0.3 is 15.0 Å². The number of amides is 1. The highest BCUT2D eigenvalue weighted by molar-refractivity contribution is 6.11. The molecule has 0 aliphatic heterocycles. The highest BCUT2D eigenvalue weighted by Crippen LogP contribution is 2.25. The van der Waals surface area contributed by atoms with Crippen LogP contribution in [0, 0.1) is 11.3 Å². The first kappa shape index (κ1) is 21.6. The molecule has 0 saturated carbocycles. The molecule has 0 fully saturated rings. The van der Waals surface area contributed by atoms with Crippen LogP contribution in [0.25, 0.3) is 17.0 Å². The molecule has 0 atom stereocenters. The van der Waals surface area contributed by atoms with Crippen LogP contribution >= 0.6 is 0 Å². The minimum atomic E-state index is -0.973. The summed E-state index contributed by atoms with van der Waals surface area (Å²) < 4.78 is 1.59. The van der Waals surface area contributed by atoms with Gasteiger partial charge in [0, 0.05) is 28.4 Å². The second kappa shape index (κ2) is 9.67. The number of nitrogens with zero attached hydrogens (tertiary/aromatic N) is 2. The minimum absolute atomic E-state index is 0.0669. The van der Waals surface area contributed by atoms with E-state index in [1.807, 2.05) is 84.9 Å². The Morgan fingerprint density at radius 1 is 0.970 bits per heavy atom. The first-order valence-corrected chi connectivity index (χ1v) is 10.4. The highest BCUT2D eigenvalue weighted by atomic mass is 16.4. The summed E-state index contributed by atoms with van der Waals surface area (Å²) in [5, 5.41) is 22.5. The average molecular weight is 435 g/mol. The normalized spacial score (nSPS) is 11.2. The van der Waals surface area contributed by atoms with Crippen molar-refractivity contribution >= 4 is 34.5 Å². The molecule has 0 unspecified atom stereocenters. The molecule has 4 rings (SSSR count). The summed E-state index contributed by atoms with van der Waals surface area (Å²) in [5.41, 5.74) is 3.95. The first-order valence-electron chi connectivity index (χ1n) is 10.4. The molecule has 0 radical (unpaired) electrons. The highest BCUT2D eigenvalue weighted by Gasteiger charge is 2.15. The van der Waals surface area contributed by atoms with Gasteiger partial charge in [0.1, 0.15) is 18.2 Å². The van der Waals surface area contributed by atoms with Crippen molar-refractivity contribution in [2.75, 3.05) is 5.32 Å². The predicted octanol–water partition coefficient (Wildman–Crippen LogP) is 4.86. The lowest BCUT2D eigenvalue weighted by atomic mass is 10.0. The van der Waals surface area contributed by atoms with Crippen molar-refractivity contribution in [2.45, 2.75) is 13.0 Å². The van der Waals surface area contributed by atoms with Crippen LogP contribution in [0.5, 0.6) is 0 Å². The molecule has 0 aliphatic carbocycles. The molecule has 1 heterocycles. The zero-order valence-corrected chi connectivity index (χ0v) is 17.7. The molecule has 0 spiro atoms. The summed E-state index contributed by atoms with van der Waals surface area (Å²) >= 11 is 0. The molecule has 4 aromatic rings. The number of carbonyl (C=O) groups is 2. The molecule has 2 N–H and O–H groups in total. The number of fused-ring (bicyclic) bond motifs is 1. The maximum absolute atomic E-state index is 13.0. The predicted molar refractivity (Wildman–Crippen MR) is 127 cm³/mol. The van der Waals surface area contributed by atoms with E-state index in [4.69, 9.17) is 0 Å². The van der Waals surface area contributed by atoms with Crippen LogP contribution in [0.4, 0.5) is 5.69 Å². The maximum Gasteiger partial charge on any atom is 0.323 e. The number of hydrogen-bond acceptors (Lipinski definition) is 3. The molecule has 6 heteroatoms. The molecule has 3 aromatic carbocycles. The summed E-state index contributed by atoms with van der Waals surface area (Å²) in [6.07, 6.45) is 3.79. The number of rotatable bonds is 7. The van der Waals surface area contributed by atoms with E-state index in [2.05, 4.69) is 5.32 Å². The quantitative estimate of drug-likeness (QED) is 0.320. The summed E-state index contributed by atoms with van der Waals surface area (Å²) in [6, 6.07) is 26.7. The van der Waals surface area contributed by atoms with Gasteiger partial charge in [-0.1, -0.05) is 66.7 Å². The van der Waals surface area contributed by atoms with Crippen molar-refractivity contribution in [2.24, 2.45) is 0 Å². The topological polar surface area (TPSA) is 95.1 Å². The van der Waals surface area contributed by atoms with Gasteiger partial charge in [0.2, 0.25) is 0 Å². The average Bonchev–Trinajstić information content (AvgIpc) is 3.16. The zero-order valence-electron chi connectivity index (χ0n) is 17.7. The van der Waals surface area contributed by atoms with Gasteiger partial charge in [0.15, 0.2) is 0 Å². The van der Waals surface area contributed by atoms with E-state index in [9.17, 15) is 20.0 Å². The van der Waals surface area contributed by atoms with E-state index < -0.39 is 11.9 Å². The van der Waals surface area contributed by atoms with Gasteiger partial charge in [-0.15, -0.1) is 0 Å².